The van der Waals surface area contributed by atoms with Gasteiger partial charge in [0.2, 0.25) is 0 Å². The highest BCUT2D eigenvalue weighted by Gasteiger charge is 2.31. The summed E-state index contributed by atoms with van der Waals surface area (Å²) >= 11 is 0. The number of alkyl halides is 6. The molecule has 198 valence electrons. The molecule has 4 rings (SSSR count). The van der Waals surface area contributed by atoms with Gasteiger partial charge < -0.3 is 24.8 Å². The van der Waals surface area contributed by atoms with Crippen molar-refractivity contribution < 1.29 is 45.3 Å². The standard InChI is InChI=1S/C24H16F6N4O4/c1-36-22(35)13-2-11-18-19(12-13)34-21(32-15-5-9-17(10-6-15)38-24(28,29)30)20(33-18)31-14-3-7-16(8-4-14)37-23(25,26)27/h2-12H,1H3,(H,31,33)(H,32,34). The van der Waals surface area contributed by atoms with Crippen molar-refractivity contribution in [3.63, 3.8) is 0 Å². The lowest BCUT2D eigenvalue weighted by atomic mass is 10.2. The summed E-state index contributed by atoms with van der Waals surface area (Å²) < 4.78 is 87.1. The largest absolute Gasteiger partial charge is 0.573 e. The van der Waals surface area contributed by atoms with Crippen LogP contribution in [0.15, 0.2) is 66.7 Å². The van der Waals surface area contributed by atoms with E-state index in [1.807, 2.05) is 0 Å². The maximum Gasteiger partial charge on any atom is 0.573 e. The zero-order valence-electron chi connectivity index (χ0n) is 19.1. The number of aromatic nitrogens is 2. The molecule has 8 nitrogen and oxygen atoms in total. The molecule has 0 aliphatic heterocycles. The molecule has 0 saturated carbocycles. The van der Waals surface area contributed by atoms with Crippen molar-refractivity contribution >= 4 is 40.0 Å². The fourth-order valence-corrected chi connectivity index (χ4v) is 3.23. The predicted octanol–water partition coefficient (Wildman–Crippen LogP) is 6.70. The quantitative estimate of drug-likeness (QED) is 0.198. The summed E-state index contributed by atoms with van der Waals surface area (Å²) in [6, 6.07) is 14.1. The molecule has 0 aliphatic carbocycles. The van der Waals surface area contributed by atoms with Crippen LogP contribution in [0, 0.1) is 0 Å². The van der Waals surface area contributed by atoms with Gasteiger partial charge in [-0.15, -0.1) is 26.3 Å². The third-order valence-electron chi connectivity index (χ3n) is 4.79. The number of carbonyl (C=O) groups is 1. The monoisotopic (exact) mass is 538 g/mol. The first kappa shape index (κ1) is 26.3. The van der Waals surface area contributed by atoms with Crippen LogP contribution in [0.4, 0.5) is 49.4 Å². The summed E-state index contributed by atoms with van der Waals surface area (Å²) in [4.78, 5) is 20.8. The molecule has 1 heterocycles. The van der Waals surface area contributed by atoms with E-state index in [0.717, 1.165) is 24.3 Å². The highest BCUT2D eigenvalue weighted by atomic mass is 19.4. The summed E-state index contributed by atoms with van der Waals surface area (Å²) in [5.41, 5.74) is 1.49. The third-order valence-corrected chi connectivity index (χ3v) is 4.79. The maximum absolute atomic E-state index is 12.5. The minimum atomic E-state index is -4.85. The summed E-state index contributed by atoms with van der Waals surface area (Å²) in [6.07, 6.45) is -9.70. The van der Waals surface area contributed by atoms with E-state index >= 15 is 0 Å². The lowest BCUT2D eigenvalue weighted by molar-refractivity contribution is -0.275. The Morgan fingerprint density at radius 1 is 0.684 bits per heavy atom. The van der Waals surface area contributed by atoms with Crippen LogP contribution in [0.2, 0.25) is 0 Å². The Labute approximate surface area is 210 Å². The lowest BCUT2D eigenvalue weighted by Gasteiger charge is -2.15. The molecule has 38 heavy (non-hydrogen) atoms. The van der Waals surface area contributed by atoms with Crippen LogP contribution in [0.1, 0.15) is 10.4 Å². The first-order valence-corrected chi connectivity index (χ1v) is 10.5. The minimum Gasteiger partial charge on any atom is -0.465 e. The van der Waals surface area contributed by atoms with Crippen molar-refractivity contribution in [2.24, 2.45) is 0 Å². The van der Waals surface area contributed by atoms with E-state index in [-0.39, 0.29) is 22.7 Å². The Kier molecular flexibility index (Phi) is 7.15. The van der Waals surface area contributed by atoms with Gasteiger partial charge in [-0.25, -0.2) is 14.8 Å². The van der Waals surface area contributed by atoms with Crippen molar-refractivity contribution in [1.29, 1.82) is 0 Å². The predicted molar refractivity (Wildman–Crippen MR) is 124 cm³/mol. The molecule has 2 N–H and O–H groups in total. The van der Waals surface area contributed by atoms with Gasteiger partial charge in [-0.2, -0.15) is 0 Å². The van der Waals surface area contributed by atoms with Gasteiger partial charge >= 0.3 is 18.7 Å². The number of rotatable bonds is 7. The molecule has 0 amide bonds. The molecule has 0 atom stereocenters. The molecule has 0 saturated heterocycles. The summed E-state index contributed by atoms with van der Waals surface area (Å²) in [6.45, 7) is 0. The zero-order valence-corrected chi connectivity index (χ0v) is 19.1. The normalized spacial score (nSPS) is 11.7. The van der Waals surface area contributed by atoms with Gasteiger partial charge in [-0.05, 0) is 66.7 Å². The second kappa shape index (κ2) is 10.3. The van der Waals surface area contributed by atoms with Crippen molar-refractivity contribution in [3.8, 4) is 11.5 Å². The van der Waals surface area contributed by atoms with Crippen LogP contribution in [0.5, 0.6) is 11.5 Å². The zero-order chi connectivity index (χ0) is 27.5. The highest BCUT2D eigenvalue weighted by molar-refractivity contribution is 5.94. The maximum atomic E-state index is 12.5. The molecule has 0 fully saturated rings. The molecular formula is C24H16F6N4O4. The number of halogens is 6. The second-order valence-corrected chi connectivity index (χ2v) is 7.51. The number of esters is 1. The summed E-state index contributed by atoms with van der Waals surface area (Å²) in [7, 11) is 1.22. The van der Waals surface area contributed by atoms with Crippen LogP contribution in [-0.4, -0.2) is 35.8 Å². The third kappa shape index (κ3) is 6.93. The van der Waals surface area contributed by atoms with Gasteiger partial charge in [0, 0.05) is 11.4 Å². The van der Waals surface area contributed by atoms with Gasteiger partial charge in [0.1, 0.15) is 11.5 Å². The lowest BCUT2D eigenvalue weighted by Crippen LogP contribution is -2.17. The topological polar surface area (TPSA) is 94.6 Å². The second-order valence-electron chi connectivity index (χ2n) is 7.51. The van der Waals surface area contributed by atoms with Gasteiger partial charge in [0.25, 0.3) is 0 Å². The Morgan fingerprint density at radius 3 is 1.55 bits per heavy atom. The molecule has 0 aliphatic rings. The number of anilines is 4. The van der Waals surface area contributed by atoms with Crippen molar-refractivity contribution in [1.82, 2.24) is 9.97 Å². The van der Waals surface area contributed by atoms with Crippen LogP contribution in [-0.2, 0) is 4.74 Å². The fraction of sp³-hybridized carbons (Fsp3) is 0.125. The van der Waals surface area contributed by atoms with Gasteiger partial charge in [-0.3, -0.25) is 0 Å². The van der Waals surface area contributed by atoms with Crippen LogP contribution in [0.3, 0.4) is 0 Å². The number of ether oxygens (including phenoxy) is 3. The van der Waals surface area contributed by atoms with E-state index in [2.05, 4.69) is 30.1 Å². The smallest absolute Gasteiger partial charge is 0.465 e. The minimum absolute atomic E-state index is 0.0969. The highest BCUT2D eigenvalue weighted by Crippen LogP contribution is 2.31. The molecule has 0 spiro atoms. The molecular weight excluding hydrogens is 522 g/mol. The van der Waals surface area contributed by atoms with Crippen molar-refractivity contribution in [3.05, 3.63) is 72.3 Å². The van der Waals surface area contributed by atoms with E-state index in [4.69, 9.17) is 4.74 Å². The van der Waals surface area contributed by atoms with Crippen molar-refractivity contribution in [2.75, 3.05) is 17.7 Å². The number of carbonyl (C=O) groups excluding carboxylic acids is 1. The van der Waals surface area contributed by atoms with E-state index in [1.54, 1.807) is 0 Å². The van der Waals surface area contributed by atoms with Gasteiger partial charge in [-0.1, -0.05) is 0 Å². The van der Waals surface area contributed by atoms with Crippen LogP contribution >= 0.6 is 0 Å². The first-order valence-electron chi connectivity index (χ1n) is 10.5. The number of fused-ring (bicyclic) bond motifs is 1. The van der Waals surface area contributed by atoms with Gasteiger partial charge in [0.05, 0.1) is 23.7 Å². The molecule has 14 heteroatoms. The van der Waals surface area contributed by atoms with E-state index in [0.29, 0.717) is 16.9 Å². The first-order chi connectivity index (χ1) is 17.9. The number of nitrogens with zero attached hydrogens (tertiary/aromatic N) is 2. The molecule has 0 radical (unpaired) electrons. The summed E-state index contributed by atoms with van der Waals surface area (Å²) in [5.74, 6) is -1.24. The van der Waals surface area contributed by atoms with E-state index in [9.17, 15) is 31.1 Å². The average Bonchev–Trinajstić information content (AvgIpc) is 2.84. The number of benzene rings is 3. The molecule has 0 unspecified atom stereocenters. The number of hydrogen-bond acceptors (Lipinski definition) is 8. The fourth-order valence-electron chi connectivity index (χ4n) is 3.23. The Bertz CT molecular complexity index is 1440. The van der Waals surface area contributed by atoms with E-state index < -0.39 is 30.2 Å². The van der Waals surface area contributed by atoms with E-state index in [1.165, 1.54) is 49.6 Å². The van der Waals surface area contributed by atoms with Crippen molar-refractivity contribution in [2.45, 2.75) is 12.7 Å². The number of nitrogens with one attached hydrogen (secondary N) is 2. The number of hydrogen-bond donors (Lipinski definition) is 2. The summed E-state index contributed by atoms with van der Waals surface area (Å²) in [5, 5.41) is 5.85. The van der Waals surface area contributed by atoms with Crippen LogP contribution in [0.25, 0.3) is 11.0 Å². The molecule has 1 aromatic heterocycles. The Balaban J connectivity index is 1.67. The Morgan fingerprint density at radius 2 is 1.13 bits per heavy atom. The molecule has 3 aromatic carbocycles. The SMILES string of the molecule is COC(=O)c1ccc2nc(Nc3ccc(OC(F)(F)F)cc3)c(Nc3ccc(OC(F)(F)F)cc3)nc2c1. The molecule has 4 aromatic rings. The number of methoxy groups -OCH3 is 1. The average molecular weight is 538 g/mol. The Hall–Kier alpha value is -4.75. The van der Waals surface area contributed by atoms with Crippen LogP contribution < -0.4 is 20.1 Å². The van der Waals surface area contributed by atoms with Gasteiger partial charge in [0.15, 0.2) is 11.6 Å². The molecule has 0 bridgehead atoms.